The third kappa shape index (κ3) is 1.41. The molecule has 2 heteroatoms. The molecule has 0 spiro atoms. The van der Waals surface area contributed by atoms with Gasteiger partial charge in [-0.3, -0.25) is 0 Å². The van der Waals surface area contributed by atoms with Crippen molar-refractivity contribution < 1.29 is 8.78 Å². The SMILES string of the molecule is Cc1c2cccc(F)c2cc2c(F)cccc12. The smallest absolute Gasteiger partial charge is 0.131 e. The zero-order valence-corrected chi connectivity index (χ0v) is 9.30. The van der Waals surface area contributed by atoms with Crippen LogP contribution in [0.25, 0.3) is 21.5 Å². The van der Waals surface area contributed by atoms with E-state index in [0.29, 0.717) is 10.8 Å². The van der Waals surface area contributed by atoms with Crippen LogP contribution in [0.4, 0.5) is 8.78 Å². The van der Waals surface area contributed by atoms with Crippen LogP contribution in [-0.2, 0) is 0 Å². The van der Waals surface area contributed by atoms with E-state index in [1.165, 1.54) is 12.1 Å². The van der Waals surface area contributed by atoms with Crippen molar-refractivity contribution in [2.45, 2.75) is 6.92 Å². The Hall–Kier alpha value is -1.96. The third-order valence-electron chi connectivity index (χ3n) is 3.20. The number of fused-ring (bicyclic) bond motifs is 2. The van der Waals surface area contributed by atoms with E-state index in [9.17, 15) is 8.78 Å². The summed E-state index contributed by atoms with van der Waals surface area (Å²) in [7, 11) is 0. The van der Waals surface area contributed by atoms with Gasteiger partial charge in [0.05, 0.1) is 0 Å². The number of benzene rings is 3. The Bertz CT molecular complexity index is 670. The molecule has 0 radical (unpaired) electrons. The number of hydrogen-bond donors (Lipinski definition) is 0. The van der Waals surface area contributed by atoms with Crippen molar-refractivity contribution in [3.05, 3.63) is 59.7 Å². The summed E-state index contributed by atoms with van der Waals surface area (Å²) in [6, 6.07) is 11.5. The first kappa shape index (κ1) is 10.2. The van der Waals surface area contributed by atoms with E-state index < -0.39 is 0 Å². The second-order valence-corrected chi connectivity index (χ2v) is 4.17. The van der Waals surface area contributed by atoms with E-state index >= 15 is 0 Å². The van der Waals surface area contributed by atoms with Crippen molar-refractivity contribution in [1.29, 1.82) is 0 Å². The van der Waals surface area contributed by atoms with Gasteiger partial charge in [0.1, 0.15) is 11.6 Å². The molecule has 3 aromatic carbocycles. The van der Waals surface area contributed by atoms with Gasteiger partial charge in [0.2, 0.25) is 0 Å². The Kier molecular flexibility index (Phi) is 2.11. The van der Waals surface area contributed by atoms with Crippen molar-refractivity contribution in [3.8, 4) is 0 Å². The van der Waals surface area contributed by atoms with Crippen LogP contribution in [0.1, 0.15) is 5.56 Å². The normalized spacial score (nSPS) is 11.2. The summed E-state index contributed by atoms with van der Waals surface area (Å²) in [6.45, 7) is 1.89. The monoisotopic (exact) mass is 228 g/mol. The number of hydrogen-bond acceptors (Lipinski definition) is 0. The molecule has 0 fully saturated rings. The summed E-state index contributed by atoms with van der Waals surface area (Å²) in [5.74, 6) is -0.619. The number of aryl methyl sites for hydroxylation is 1. The fourth-order valence-corrected chi connectivity index (χ4v) is 2.31. The minimum Gasteiger partial charge on any atom is -0.206 e. The summed E-state index contributed by atoms with van der Waals surface area (Å²) >= 11 is 0. The molecule has 3 rings (SSSR count). The quantitative estimate of drug-likeness (QED) is 0.494. The van der Waals surface area contributed by atoms with Crippen molar-refractivity contribution in [2.75, 3.05) is 0 Å². The van der Waals surface area contributed by atoms with E-state index in [4.69, 9.17) is 0 Å². The fraction of sp³-hybridized carbons (Fsp3) is 0.0667. The van der Waals surface area contributed by atoms with Gasteiger partial charge in [0.25, 0.3) is 0 Å². The standard InChI is InChI=1S/C15H10F2/c1-9-10-4-2-6-14(16)12(10)8-13-11(9)5-3-7-15(13)17/h2-8H,1H3. The van der Waals surface area contributed by atoms with E-state index in [-0.39, 0.29) is 11.6 Å². The lowest BCUT2D eigenvalue weighted by atomic mass is 9.97. The van der Waals surface area contributed by atoms with Crippen LogP contribution in [0.3, 0.4) is 0 Å². The lowest BCUT2D eigenvalue weighted by Gasteiger charge is -2.08. The maximum atomic E-state index is 13.7. The van der Waals surface area contributed by atoms with E-state index in [1.54, 1.807) is 18.2 Å². The zero-order valence-electron chi connectivity index (χ0n) is 9.30. The summed E-state index contributed by atoms with van der Waals surface area (Å²) in [5.41, 5.74) is 0.913. The molecule has 0 bridgehead atoms. The second-order valence-electron chi connectivity index (χ2n) is 4.17. The molecule has 0 aliphatic carbocycles. The van der Waals surface area contributed by atoms with E-state index in [2.05, 4.69) is 0 Å². The number of halogens is 2. The van der Waals surface area contributed by atoms with Gasteiger partial charge in [0.15, 0.2) is 0 Å². The van der Waals surface area contributed by atoms with Crippen molar-refractivity contribution in [2.24, 2.45) is 0 Å². The van der Waals surface area contributed by atoms with Crippen molar-refractivity contribution >= 4 is 21.5 Å². The molecule has 0 unspecified atom stereocenters. The first-order valence-corrected chi connectivity index (χ1v) is 5.44. The summed E-state index contributed by atoms with van der Waals surface area (Å²) in [5, 5.41) is 2.62. The minimum absolute atomic E-state index is 0.309. The molecule has 17 heavy (non-hydrogen) atoms. The average Bonchev–Trinajstić information content (AvgIpc) is 2.32. The molecular formula is C15H10F2. The van der Waals surface area contributed by atoms with Gasteiger partial charge in [-0.2, -0.15) is 0 Å². The molecule has 0 aliphatic rings. The third-order valence-corrected chi connectivity index (χ3v) is 3.20. The highest BCUT2D eigenvalue weighted by molar-refractivity contribution is 6.02. The minimum atomic E-state index is -0.309. The van der Waals surface area contributed by atoms with Crippen LogP contribution in [0.15, 0.2) is 42.5 Å². The topological polar surface area (TPSA) is 0 Å². The van der Waals surface area contributed by atoms with Crippen LogP contribution < -0.4 is 0 Å². The van der Waals surface area contributed by atoms with Crippen LogP contribution in [-0.4, -0.2) is 0 Å². The molecule has 3 aromatic rings. The van der Waals surface area contributed by atoms with Gasteiger partial charge in [-0.25, -0.2) is 8.78 Å². The Balaban J connectivity index is 2.62. The largest absolute Gasteiger partial charge is 0.206 e. The first-order chi connectivity index (χ1) is 8.18. The summed E-state index contributed by atoms with van der Waals surface area (Å²) in [6.07, 6.45) is 0. The predicted octanol–water partition coefficient (Wildman–Crippen LogP) is 4.58. The van der Waals surface area contributed by atoms with Gasteiger partial charge < -0.3 is 0 Å². The van der Waals surface area contributed by atoms with Crippen LogP contribution >= 0.6 is 0 Å². The van der Waals surface area contributed by atoms with Gasteiger partial charge in [-0.15, -0.1) is 0 Å². The number of rotatable bonds is 0. The van der Waals surface area contributed by atoms with Crippen LogP contribution in [0.2, 0.25) is 0 Å². The molecule has 0 atom stereocenters. The molecule has 0 heterocycles. The molecule has 0 N–H and O–H groups in total. The van der Waals surface area contributed by atoms with Crippen molar-refractivity contribution in [3.63, 3.8) is 0 Å². The maximum Gasteiger partial charge on any atom is 0.131 e. The Morgan fingerprint density at radius 3 is 1.65 bits per heavy atom. The second kappa shape index (κ2) is 3.52. The molecule has 0 saturated heterocycles. The summed E-state index contributed by atoms with van der Waals surface area (Å²) in [4.78, 5) is 0. The molecule has 0 amide bonds. The highest BCUT2D eigenvalue weighted by Crippen LogP contribution is 2.30. The van der Waals surface area contributed by atoms with E-state index in [0.717, 1.165) is 16.3 Å². The molecular weight excluding hydrogens is 218 g/mol. The molecule has 0 nitrogen and oxygen atoms in total. The molecule has 0 aliphatic heterocycles. The first-order valence-electron chi connectivity index (χ1n) is 5.44. The fourth-order valence-electron chi connectivity index (χ4n) is 2.31. The van der Waals surface area contributed by atoms with Gasteiger partial charge in [-0.05, 0) is 41.5 Å². The molecule has 84 valence electrons. The lowest BCUT2D eigenvalue weighted by molar-refractivity contribution is 0.637. The Morgan fingerprint density at radius 2 is 1.18 bits per heavy atom. The lowest BCUT2D eigenvalue weighted by Crippen LogP contribution is -1.88. The molecule has 0 aromatic heterocycles. The predicted molar refractivity (Wildman–Crippen MR) is 66.1 cm³/mol. The Labute approximate surface area is 97.5 Å². The van der Waals surface area contributed by atoms with Crippen molar-refractivity contribution in [1.82, 2.24) is 0 Å². The highest BCUT2D eigenvalue weighted by Gasteiger charge is 2.09. The van der Waals surface area contributed by atoms with Crippen LogP contribution in [0.5, 0.6) is 0 Å². The maximum absolute atomic E-state index is 13.7. The van der Waals surface area contributed by atoms with Gasteiger partial charge >= 0.3 is 0 Å². The van der Waals surface area contributed by atoms with E-state index in [1.807, 2.05) is 19.1 Å². The average molecular weight is 228 g/mol. The zero-order chi connectivity index (χ0) is 12.0. The highest BCUT2D eigenvalue weighted by atomic mass is 19.1. The summed E-state index contributed by atoms with van der Waals surface area (Å²) < 4.78 is 27.4. The Morgan fingerprint density at radius 1 is 0.706 bits per heavy atom. The van der Waals surface area contributed by atoms with Crippen LogP contribution in [0, 0.1) is 18.6 Å². The van der Waals surface area contributed by atoms with Gasteiger partial charge in [0, 0.05) is 10.8 Å². The van der Waals surface area contributed by atoms with Gasteiger partial charge in [-0.1, -0.05) is 24.3 Å². The molecule has 0 saturated carbocycles.